The molecule has 0 radical (unpaired) electrons. The van der Waals surface area contributed by atoms with E-state index in [1.165, 1.54) is 0 Å². The van der Waals surface area contributed by atoms with Gasteiger partial charge in [0.2, 0.25) is 5.91 Å². The Morgan fingerprint density at radius 1 is 1.14 bits per heavy atom. The predicted octanol–water partition coefficient (Wildman–Crippen LogP) is 2.75. The maximum atomic E-state index is 12.2. The summed E-state index contributed by atoms with van der Waals surface area (Å²) < 4.78 is 41.6. The van der Waals surface area contributed by atoms with Gasteiger partial charge in [-0.25, -0.2) is 4.79 Å². The third-order valence-electron chi connectivity index (χ3n) is 3.27. The van der Waals surface area contributed by atoms with Gasteiger partial charge in [-0.1, -0.05) is 12.8 Å². The zero-order valence-electron chi connectivity index (χ0n) is 13.0. The molecule has 0 heterocycles. The standard InChI is InChI=1S/C14H23F3N2O3/c1-13(2,3)22-12(21)19-10-7-5-4-6-9(10)11(20)18-8-14(15,16)17/h9-10H,4-8H2,1-3H3,(H,18,20)(H,19,21)/t9-,10-/m0/s1. The lowest BCUT2D eigenvalue weighted by Crippen LogP contribution is -2.50. The summed E-state index contributed by atoms with van der Waals surface area (Å²) in [5.74, 6) is -1.35. The van der Waals surface area contributed by atoms with Gasteiger partial charge in [0.1, 0.15) is 12.1 Å². The van der Waals surface area contributed by atoms with Crippen LogP contribution in [0.4, 0.5) is 18.0 Å². The van der Waals surface area contributed by atoms with Gasteiger partial charge in [-0.15, -0.1) is 0 Å². The largest absolute Gasteiger partial charge is 0.444 e. The first kappa shape index (κ1) is 18.6. The highest BCUT2D eigenvalue weighted by Gasteiger charge is 2.35. The summed E-state index contributed by atoms with van der Waals surface area (Å²) >= 11 is 0. The second-order valence-corrected chi connectivity index (χ2v) is 6.48. The number of alkyl halides is 3. The van der Waals surface area contributed by atoms with Gasteiger partial charge in [0.15, 0.2) is 0 Å². The average molecular weight is 324 g/mol. The van der Waals surface area contributed by atoms with Gasteiger partial charge in [-0.05, 0) is 33.6 Å². The number of hydrogen-bond acceptors (Lipinski definition) is 3. The number of carbonyl (C=O) groups excluding carboxylic acids is 2. The fourth-order valence-electron chi connectivity index (χ4n) is 2.39. The lowest BCUT2D eigenvalue weighted by Gasteiger charge is -2.32. The van der Waals surface area contributed by atoms with E-state index in [9.17, 15) is 22.8 Å². The summed E-state index contributed by atoms with van der Waals surface area (Å²) in [6.45, 7) is 3.77. The third kappa shape index (κ3) is 7.00. The maximum absolute atomic E-state index is 12.2. The molecule has 0 bridgehead atoms. The van der Waals surface area contributed by atoms with Crippen LogP contribution in [0.25, 0.3) is 0 Å². The Hall–Kier alpha value is -1.47. The van der Waals surface area contributed by atoms with Crippen LogP contribution < -0.4 is 10.6 Å². The summed E-state index contributed by atoms with van der Waals surface area (Å²) in [5, 5.41) is 4.49. The number of nitrogens with one attached hydrogen (secondary N) is 2. The molecule has 5 nitrogen and oxygen atoms in total. The molecule has 0 aliphatic heterocycles. The molecule has 1 rings (SSSR count). The van der Waals surface area contributed by atoms with Crippen LogP contribution in [-0.2, 0) is 9.53 Å². The van der Waals surface area contributed by atoms with Crippen LogP contribution in [-0.4, -0.2) is 36.4 Å². The molecule has 0 saturated heterocycles. The van der Waals surface area contributed by atoms with Crippen molar-refractivity contribution in [2.45, 2.75) is 64.3 Å². The number of ether oxygens (including phenoxy) is 1. The molecule has 1 fully saturated rings. The van der Waals surface area contributed by atoms with Crippen LogP contribution >= 0.6 is 0 Å². The van der Waals surface area contributed by atoms with Crippen molar-refractivity contribution in [3.63, 3.8) is 0 Å². The molecular weight excluding hydrogens is 301 g/mol. The second kappa shape index (κ2) is 7.19. The van der Waals surface area contributed by atoms with Gasteiger partial charge < -0.3 is 15.4 Å². The van der Waals surface area contributed by atoms with Crippen molar-refractivity contribution < 1.29 is 27.5 Å². The van der Waals surface area contributed by atoms with Gasteiger partial charge >= 0.3 is 12.3 Å². The summed E-state index contributed by atoms with van der Waals surface area (Å²) in [4.78, 5) is 23.7. The number of alkyl carbamates (subject to hydrolysis) is 1. The molecular formula is C14H23F3N2O3. The van der Waals surface area contributed by atoms with Gasteiger partial charge in [-0.3, -0.25) is 4.79 Å². The molecule has 2 amide bonds. The molecule has 0 aromatic rings. The Labute approximate surface area is 128 Å². The van der Waals surface area contributed by atoms with Crippen LogP contribution in [0.2, 0.25) is 0 Å². The van der Waals surface area contributed by atoms with Crippen molar-refractivity contribution in [1.82, 2.24) is 10.6 Å². The van der Waals surface area contributed by atoms with Crippen molar-refractivity contribution >= 4 is 12.0 Å². The second-order valence-electron chi connectivity index (χ2n) is 6.48. The lowest BCUT2D eigenvalue weighted by molar-refractivity contribution is -0.141. The van der Waals surface area contributed by atoms with Gasteiger partial charge in [0.05, 0.1) is 5.92 Å². The first-order chi connectivity index (χ1) is 9.98. The summed E-state index contributed by atoms with van der Waals surface area (Å²) in [6.07, 6.45) is -2.56. The normalized spacial score (nSPS) is 22.8. The van der Waals surface area contributed by atoms with Crippen LogP contribution in [0.3, 0.4) is 0 Å². The number of amides is 2. The Balaban J connectivity index is 2.59. The fraction of sp³-hybridized carbons (Fsp3) is 0.857. The quantitative estimate of drug-likeness (QED) is 0.839. The van der Waals surface area contributed by atoms with Crippen molar-refractivity contribution in [2.75, 3.05) is 6.54 Å². The van der Waals surface area contributed by atoms with E-state index in [4.69, 9.17) is 4.74 Å². The van der Waals surface area contributed by atoms with Crippen LogP contribution in [0.1, 0.15) is 46.5 Å². The van der Waals surface area contributed by atoms with Crippen molar-refractivity contribution in [2.24, 2.45) is 5.92 Å². The molecule has 1 aliphatic rings. The number of hydrogen-bond donors (Lipinski definition) is 2. The molecule has 0 aromatic heterocycles. The predicted molar refractivity (Wildman–Crippen MR) is 74.2 cm³/mol. The summed E-state index contributed by atoms with van der Waals surface area (Å²) in [7, 11) is 0. The van der Waals surface area contributed by atoms with E-state index in [0.717, 1.165) is 12.8 Å². The molecule has 2 N–H and O–H groups in total. The molecule has 0 spiro atoms. The minimum atomic E-state index is -4.45. The molecule has 1 saturated carbocycles. The molecule has 0 aromatic carbocycles. The molecule has 128 valence electrons. The van der Waals surface area contributed by atoms with E-state index in [1.807, 2.05) is 5.32 Å². The first-order valence-corrected chi connectivity index (χ1v) is 7.32. The Kier molecular flexibility index (Phi) is 6.08. The van der Waals surface area contributed by atoms with Crippen LogP contribution in [0.15, 0.2) is 0 Å². The van der Waals surface area contributed by atoms with E-state index in [2.05, 4.69) is 5.32 Å². The number of carbonyl (C=O) groups is 2. The fourth-order valence-corrected chi connectivity index (χ4v) is 2.39. The highest BCUT2D eigenvalue weighted by Crippen LogP contribution is 2.25. The van der Waals surface area contributed by atoms with E-state index >= 15 is 0 Å². The van der Waals surface area contributed by atoms with E-state index in [-0.39, 0.29) is 0 Å². The summed E-state index contributed by atoms with van der Waals surface area (Å²) in [5.41, 5.74) is -0.674. The number of rotatable bonds is 3. The Morgan fingerprint density at radius 3 is 2.27 bits per heavy atom. The van der Waals surface area contributed by atoms with Crippen LogP contribution in [0, 0.1) is 5.92 Å². The molecule has 8 heteroatoms. The summed E-state index contributed by atoms with van der Waals surface area (Å²) in [6, 6.07) is -0.503. The first-order valence-electron chi connectivity index (χ1n) is 7.32. The zero-order valence-corrected chi connectivity index (χ0v) is 13.0. The number of halogens is 3. The zero-order chi connectivity index (χ0) is 17.0. The van der Waals surface area contributed by atoms with E-state index in [1.54, 1.807) is 20.8 Å². The molecule has 0 unspecified atom stereocenters. The van der Waals surface area contributed by atoms with E-state index in [0.29, 0.717) is 12.8 Å². The SMILES string of the molecule is CC(C)(C)OC(=O)N[C@H]1CCCC[C@@H]1C(=O)NCC(F)(F)F. The minimum Gasteiger partial charge on any atom is -0.444 e. The van der Waals surface area contributed by atoms with Gasteiger partial charge in [0, 0.05) is 6.04 Å². The Morgan fingerprint density at radius 2 is 1.73 bits per heavy atom. The van der Waals surface area contributed by atoms with Crippen LogP contribution in [0.5, 0.6) is 0 Å². The Bertz CT molecular complexity index is 405. The topological polar surface area (TPSA) is 67.4 Å². The third-order valence-corrected chi connectivity index (χ3v) is 3.27. The highest BCUT2D eigenvalue weighted by molar-refractivity contribution is 5.80. The highest BCUT2D eigenvalue weighted by atomic mass is 19.4. The molecule has 1 aliphatic carbocycles. The minimum absolute atomic E-state index is 0.449. The molecule has 22 heavy (non-hydrogen) atoms. The average Bonchev–Trinajstić information content (AvgIpc) is 2.33. The van der Waals surface area contributed by atoms with Crippen molar-refractivity contribution in [1.29, 1.82) is 0 Å². The molecule has 2 atom stereocenters. The van der Waals surface area contributed by atoms with Gasteiger partial charge in [0.25, 0.3) is 0 Å². The maximum Gasteiger partial charge on any atom is 0.407 e. The van der Waals surface area contributed by atoms with Gasteiger partial charge in [-0.2, -0.15) is 13.2 Å². The van der Waals surface area contributed by atoms with Crippen molar-refractivity contribution in [3.8, 4) is 0 Å². The van der Waals surface area contributed by atoms with E-state index < -0.39 is 42.3 Å². The smallest absolute Gasteiger partial charge is 0.407 e. The van der Waals surface area contributed by atoms with Crippen molar-refractivity contribution in [3.05, 3.63) is 0 Å². The lowest BCUT2D eigenvalue weighted by atomic mass is 9.84. The monoisotopic (exact) mass is 324 g/mol.